The first kappa shape index (κ1) is 53.6. The van der Waals surface area contributed by atoms with Crippen molar-refractivity contribution >= 4 is 0 Å². The van der Waals surface area contributed by atoms with Crippen molar-refractivity contribution in [2.24, 2.45) is 11.5 Å². The van der Waals surface area contributed by atoms with E-state index in [1.54, 1.807) is 0 Å². The highest BCUT2D eigenvalue weighted by atomic mass is 16.7. The van der Waals surface area contributed by atoms with Gasteiger partial charge in [0.05, 0.1) is 50.7 Å². The standard InChI is InChI=1S/C25H47NO3.C22H43NO3/c1-4-5-6-7-8-9-10-11-12-13-14-15-16-17-18-19-20-27-21-25(26)22-28-24(2,3)29-23-25;1-2-3-4-5-6-7-8-9-10-11-12-13-14-15-16-17-18-26-21-22(23,19-24)20-25/h8-9,11-12H,4-7,10,13-23,26H2,1-3H3;6-7,9-10,24-25H,2-5,8,11-21,23H2,1H3/p+1/b9-8-,12-11-;7-6-,10-9-. The van der Waals surface area contributed by atoms with Gasteiger partial charge in [0.1, 0.15) is 0 Å². The summed E-state index contributed by atoms with van der Waals surface area (Å²) in [5.41, 5.74) is 10.5. The topological polar surface area (TPSA) is 129 Å². The number of ether oxygens (including phenoxy) is 4. The molecule has 0 spiro atoms. The molecular weight excluding hydrogens is 689 g/mol. The van der Waals surface area contributed by atoms with Crippen LogP contribution in [0.3, 0.4) is 0 Å². The Morgan fingerprint density at radius 1 is 0.564 bits per heavy atom. The summed E-state index contributed by atoms with van der Waals surface area (Å²) < 4.78 is 22.5. The van der Waals surface area contributed by atoms with Crippen LogP contribution in [0.5, 0.6) is 0 Å². The summed E-state index contributed by atoms with van der Waals surface area (Å²) in [5.74, 6) is -0.524. The number of hydrogen-bond donors (Lipinski definition) is 4. The second kappa shape index (κ2) is 38.2. The average Bonchev–Trinajstić information content (AvgIpc) is 3.18. The molecule has 0 aromatic carbocycles. The van der Waals surface area contributed by atoms with E-state index in [0.717, 1.165) is 38.7 Å². The van der Waals surface area contributed by atoms with Crippen LogP contribution in [0.15, 0.2) is 48.6 Å². The van der Waals surface area contributed by atoms with Gasteiger partial charge in [0.25, 0.3) is 0 Å². The van der Waals surface area contributed by atoms with Crippen LogP contribution >= 0.6 is 0 Å². The predicted octanol–water partition coefficient (Wildman–Crippen LogP) is 10.9. The van der Waals surface area contributed by atoms with Crippen LogP contribution in [0.2, 0.25) is 0 Å². The highest BCUT2D eigenvalue weighted by molar-refractivity contribution is 4.93. The Kier molecular flexibility index (Phi) is 37.2. The van der Waals surface area contributed by atoms with Gasteiger partial charge in [-0.05, 0) is 90.9 Å². The minimum absolute atomic E-state index is 0. The number of unbranched alkanes of at least 4 members (excludes halogenated alkanes) is 18. The summed E-state index contributed by atoms with van der Waals surface area (Å²) in [5, 5.41) is 18.1. The number of allylic oxidation sites excluding steroid dienone is 8. The summed E-state index contributed by atoms with van der Waals surface area (Å²) in [7, 11) is 0. The lowest BCUT2D eigenvalue weighted by molar-refractivity contribution is -0.271. The maximum absolute atomic E-state index is 9.06. The van der Waals surface area contributed by atoms with E-state index >= 15 is 0 Å². The maximum Gasteiger partial charge on any atom is 1.00 e. The van der Waals surface area contributed by atoms with Crippen molar-refractivity contribution in [3.8, 4) is 0 Å². The Balaban J connectivity index is 0. The van der Waals surface area contributed by atoms with Gasteiger partial charge >= 0.3 is 1.43 Å². The fourth-order valence-electron chi connectivity index (χ4n) is 5.88. The third-order valence-electron chi connectivity index (χ3n) is 9.80. The van der Waals surface area contributed by atoms with E-state index < -0.39 is 16.9 Å². The number of hydrogen-bond acceptors (Lipinski definition) is 8. The predicted molar refractivity (Wildman–Crippen MR) is 235 cm³/mol. The lowest BCUT2D eigenvalue weighted by atomic mass is 10.0. The van der Waals surface area contributed by atoms with E-state index in [-0.39, 0.29) is 21.2 Å². The van der Waals surface area contributed by atoms with Gasteiger partial charge in [0.15, 0.2) is 5.79 Å². The minimum atomic E-state index is -1.00. The summed E-state index contributed by atoms with van der Waals surface area (Å²) in [6.45, 7) is 10.9. The average molecular weight is 780 g/mol. The Labute approximate surface area is 341 Å². The molecule has 0 radical (unpaired) electrons. The molecule has 1 fully saturated rings. The highest BCUT2D eigenvalue weighted by Crippen LogP contribution is 2.22. The molecule has 8 heteroatoms. The van der Waals surface area contributed by atoms with E-state index in [0.29, 0.717) is 26.4 Å². The van der Waals surface area contributed by atoms with E-state index in [2.05, 4.69) is 62.5 Å². The molecule has 0 aromatic rings. The fraction of sp³-hybridized carbons (Fsp3) is 0.830. The lowest BCUT2D eigenvalue weighted by Crippen LogP contribution is -2.59. The highest BCUT2D eigenvalue weighted by Gasteiger charge is 2.37. The van der Waals surface area contributed by atoms with Crippen molar-refractivity contribution in [1.29, 1.82) is 0 Å². The molecule has 0 aromatic heterocycles. The number of rotatable bonds is 36. The van der Waals surface area contributed by atoms with Gasteiger partial charge in [0, 0.05) is 13.2 Å². The number of nitrogens with two attached hydrogens (primary N) is 2. The molecule has 1 saturated heterocycles. The van der Waals surface area contributed by atoms with E-state index in [1.165, 1.54) is 122 Å². The molecule has 0 saturated carbocycles. The van der Waals surface area contributed by atoms with Crippen LogP contribution in [-0.2, 0) is 18.9 Å². The van der Waals surface area contributed by atoms with E-state index in [9.17, 15) is 0 Å². The van der Waals surface area contributed by atoms with Crippen molar-refractivity contribution in [2.75, 3.05) is 52.9 Å². The molecule has 0 unspecified atom stereocenters. The summed E-state index contributed by atoms with van der Waals surface area (Å²) in [6.07, 6.45) is 48.3. The van der Waals surface area contributed by atoms with Crippen LogP contribution in [0.25, 0.3) is 0 Å². The zero-order valence-corrected chi connectivity index (χ0v) is 36.4. The van der Waals surface area contributed by atoms with Crippen molar-refractivity contribution in [3.63, 3.8) is 0 Å². The quantitative estimate of drug-likeness (QED) is 0.0365. The Morgan fingerprint density at radius 2 is 0.927 bits per heavy atom. The molecule has 0 atom stereocenters. The third kappa shape index (κ3) is 36.7. The molecule has 0 aliphatic carbocycles. The Bertz CT molecular complexity index is 928. The Morgan fingerprint density at radius 3 is 1.33 bits per heavy atom. The van der Waals surface area contributed by atoms with Crippen LogP contribution in [0.4, 0.5) is 0 Å². The van der Waals surface area contributed by atoms with Gasteiger partial charge in [-0.3, -0.25) is 0 Å². The van der Waals surface area contributed by atoms with Crippen LogP contribution in [0, 0.1) is 0 Å². The lowest BCUT2D eigenvalue weighted by Gasteiger charge is -2.40. The molecule has 324 valence electrons. The maximum atomic E-state index is 9.06. The van der Waals surface area contributed by atoms with Crippen LogP contribution < -0.4 is 11.5 Å². The van der Waals surface area contributed by atoms with Gasteiger partial charge in [-0.1, -0.05) is 140 Å². The van der Waals surface area contributed by atoms with Crippen molar-refractivity contribution in [1.82, 2.24) is 0 Å². The smallest absolute Gasteiger partial charge is 0.394 e. The normalized spacial score (nSPS) is 15.9. The zero-order chi connectivity index (χ0) is 40.6. The molecule has 55 heavy (non-hydrogen) atoms. The van der Waals surface area contributed by atoms with Crippen LogP contribution in [0.1, 0.15) is 183 Å². The van der Waals surface area contributed by atoms with Gasteiger partial charge in [-0.15, -0.1) is 0 Å². The first-order chi connectivity index (χ1) is 26.7. The molecule has 1 aliphatic rings. The molecule has 6 N–H and O–H groups in total. The molecule has 0 amide bonds. The second-order valence-corrected chi connectivity index (χ2v) is 16.3. The van der Waals surface area contributed by atoms with Gasteiger partial charge in [-0.25, -0.2) is 0 Å². The second-order valence-electron chi connectivity index (χ2n) is 16.3. The molecule has 8 nitrogen and oxygen atoms in total. The first-order valence-electron chi connectivity index (χ1n) is 22.5. The summed E-state index contributed by atoms with van der Waals surface area (Å²) >= 11 is 0. The zero-order valence-electron chi connectivity index (χ0n) is 37.4. The van der Waals surface area contributed by atoms with Crippen molar-refractivity contribution < 1.29 is 30.6 Å². The van der Waals surface area contributed by atoms with Crippen LogP contribution in [-0.4, -0.2) is 79.9 Å². The first-order valence-corrected chi connectivity index (χ1v) is 22.5. The van der Waals surface area contributed by atoms with Gasteiger partial charge in [-0.2, -0.15) is 0 Å². The van der Waals surface area contributed by atoms with E-state index in [1.807, 2.05) is 13.8 Å². The van der Waals surface area contributed by atoms with E-state index in [4.69, 9.17) is 40.6 Å². The Hall–Kier alpha value is -1.36. The van der Waals surface area contributed by atoms with Gasteiger partial charge in [0.2, 0.25) is 0 Å². The molecule has 1 heterocycles. The minimum Gasteiger partial charge on any atom is -0.394 e. The largest absolute Gasteiger partial charge is 1.00 e. The van der Waals surface area contributed by atoms with Gasteiger partial charge < -0.3 is 40.6 Å². The summed E-state index contributed by atoms with van der Waals surface area (Å²) in [4.78, 5) is 0. The van der Waals surface area contributed by atoms with Crippen molar-refractivity contribution in [2.45, 2.75) is 199 Å². The molecule has 0 bridgehead atoms. The molecule has 1 rings (SSSR count). The fourth-order valence-corrected chi connectivity index (χ4v) is 5.88. The molecular formula is C47H91N2O6+. The third-order valence-corrected chi connectivity index (χ3v) is 9.80. The summed E-state index contributed by atoms with van der Waals surface area (Å²) in [6, 6.07) is 0. The molecule has 1 aliphatic heterocycles. The monoisotopic (exact) mass is 780 g/mol. The number of aliphatic hydroxyl groups is 2. The number of aliphatic hydroxyl groups excluding tert-OH is 2. The SMILES string of the molecule is CCCCC/C=C\C/C=C\CCCCCCCCOCC(N)(CO)CO.CCCCC/C=C\C/C=C\CCCCCCCCOCC1(N)COC(C)(C)OC1.[H+]. The van der Waals surface area contributed by atoms with Crippen molar-refractivity contribution in [3.05, 3.63) is 48.6 Å².